The molecule has 0 saturated heterocycles. The minimum atomic E-state index is -0.887. The van der Waals surface area contributed by atoms with Gasteiger partial charge in [0.1, 0.15) is 0 Å². The van der Waals surface area contributed by atoms with Crippen LogP contribution < -0.4 is 10.4 Å². The van der Waals surface area contributed by atoms with Gasteiger partial charge in [0, 0.05) is 0 Å². The predicted octanol–water partition coefficient (Wildman–Crippen LogP) is 2.01. The van der Waals surface area contributed by atoms with Crippen LogP contribution in [-0.2, 0) is 8.43 Å². The largest absolute Gasteiger partial charge is 0.368 e. The third kappa shape index (κ3) is 5.11. The van der Waals surface area contributed by atoms with Crippen LogP contribution in [-0.4, -0.2) is 19.5 Å². The molecule has 2 aromatic rings. The topological polar surface area (TPSA) is 18.5 Å². The Morgan fingerprint density at radius 2 is 1.11 bits per heavy atom. The van der Waals surface area contributed by atoms with Crippen molar-refractivity contribution in [2.24, 2.45) is 0 Å². The molecule has 0 saturated carbocycles. The number of benzene rings is 2. The monoisotopic (exact) mass is 306 g/mol. The summed E-state index contributed by atoms with van der Waals surface area (Å²) in [6, 6.07) is 20.3. The fraction of sp³-hybridized carbons (Fsp3) is 0. The summed E-state index contributed by atoms with van der Waals surface area (Å²) in [5.41, 5.74) is 0. The molecule has 0 aliphatic carbocycles. The molecule has 0 spiro atoms. The Morgan fingerprint density at radius 1 is 0.722 bits per heavy atom. The van der Waals surface area contributed by atoms with Gasteiger partial charge in [-0.3, -0.25) is 0 Å². The lowest BCUT2D eigenvalue weighted by Crippen LogP contribution is -2.17. The van der Waals surface area contributed by atoms with Crippen LogP contribution in [0.4, 0.5) is 0 Å². The van der Waals surface area contributed by atoms with Gasteiger partial charge in [-0.2, -0.15) is 0 Å². The highest BCUT2D eigenvalue weighted by molar-refractivity contribution is 8.09. The van der Waals surface area contributed by atoms with Gasteiger partial charge in [-0.15, -0.1) is 0 Å². The molecule has 2 rings (SSSR count). The molecule has 0 fully saturated rings. The molecule has 0 heterocycles. The van der Waals surface area contributed by atoms with Crippen LogP contribution >= 0.6 is 17.0 Å². The Balaban J connectivity index is 1.71. The minimum Gasteiger partial charge on any atom is -0.368 e. The summed E-state index contributed by atoms with van der Waals surface area (Å²) in [4.78, 5) is 0. The van der Waals surface area contributed by atoms with Crippen molar-refractivity contribution >= 4 is 46.9 Å². The van der Waals surface area contributed by atoms with Crippen molar-refractivity contribution in [3.05, 3.63) is 60.7 Å². The summed E-state index contributed by atoms with van der Waals surface area (Å²) in [6.07, 6.45) is 0. The third-order valence-corrected chi connectivity index (χ3v) is 7.26. The molecule has 0 aliphatic rings. The van der Waals surface area contributed by atoms with Crippen molar-refractivity contribution in [1.82, 2.24) is 0 Å². The van der Waals surface area contributed by atoms with Gasteiger partial charge in [0.05, 0.1) is 0 Å². The van der Waals surface area contributed by atoms with Crippen LogP contribution in [0, 0.1) is 0 Å². The maximum atomic E-state index is 5.69. The first-order valence-corrected chi connectivity index (χ1v) is 9.97. The minimum absolute atomic E-state index is 0.340. The molecular weight excluding hydrogens is 294 g/mol. The molecule has 0 amide bonds. The molecule has 0 bridgehead atoms. The molecule has 1 unspecified atom stereocenters. The molecule has 0 aromatic heterocycles. The second-order valence-corrected chi connectivity index (χ2v) is 8.26. The molecule has 4 radical (unpaired) electrons. The van der Waals surface area contributed by atoms with Crippen molar-refractivity contribution in [3.63, 3.8) is 0 Å². The van der Waals surface area contributed by atoms with E-state index in [1.165, 1.54) is 10.4 Å². The first-order chi connectivity index (χ1) is 8.84. The molecule has 6 heteroatoms. The van der Waals surface area contributed by atoms with Gasteiger partial charge >= 0.3 is 0 Å². The van der Waals surface area contributed by atoms with E-state index in [0.717, 1.165) is 0 Å². The maximum Gasteiger partial charge on any atom is 0.278 e. The molecule has 2 nitrogen and oxygen atoms in total. The van der Waals surface area contributed by atoms with E-state index < -0.39 is 8.06 Å². The highest BCUT2D eigenvalue weighted by Gasteiger charge is 2.06. The summed E-state index contributed by atoms with van der Waals surface area (Å²) < 4.78 is 11.4. The molecule has 18 heavy (non-hydrogen) atoms. The zero-order chi connectivity index (χ0) is 12.6. The van der Waals surface area contributed by atoms with E-state index >= 15 is 0 Å². The summed E-state index contributed by atoms with van der Waals surface area (Å²) in [6.45, 7) is 0. The number of hydrogen-bond donors (Lipinski definition) is 0. The second kappa shape index (κ2) is 7.95. The van der Waals surface area contributed by atoms with E-state index in [0.29, 0.717) is 19.5 Å². The standard InChI is InChI=1S/C12H12O2P2Si2/c15-16(13-17-11-7-3-1-4-8-11)14-18-12-9-5-2-6-10-12/h1-10H,15H2. The fourth-order valence-electron chi connectivity index (χ4n) is 1.23. The molecule has 1 atom stereocenters. The molecule has 2 aromatic carbocycles. The summed E-state index contributed by atoms with van der Waals surface area (Å²) in [7, 11) is 2.43. The Hall–Kier alpha value is -0.346. The highest BCUT2D eigenvalue weighted by atomic mass is 32.0. The SMILES string of the molecule is PP(O[Si]c1ccccc1)O[Si]c1ccccc1. The average molecular weight is 306 g/mol. The van der Waals surface area contributed by atoms with Crippen LogP contribution in [0.3, 0.4) is 0 Å². The van der Waals surface area contributed by atoms with Gasteiger partial charge in [-0.05, 0) is 10.4 Å². The van der Waals surface area contributed by atoms with Crippen LogP contribution in [0.1, 0.15) is 0 Å². The first-order valence-electron chi connectivity index (χ1n) is 5.35. The molecular formula is C12H12O2P2Si2. The fourth-order valence-corrected chi connectivity index (χ4v) is 4.88. The van der Waals surface area contributed by atoms with Crippen LogP contribution in [0.5, 0.6) is 0 Å². The normalized spacial score (nSPS) is 10.8. The van der Waals surface area contributed by atoms with E-state index in [2.05, 4.69) is 33.2 Å². The van der Waals surface area contributed by atoms with Crippen LogP contribution in [0.15, 0.2) is 60.7 Å². The van der Waals surface area contributed by atoms with Gasteiger partial charge < -0.3 is 8.43 Å². The molecule has 0 aliphatic heterocycles. The third-order valence-electron chi connectivity index (χ3n) is 2.05. The zero-order valence-corrected chi connectivity index (χ0v) is 13.7. The second-order valence-electron chi connectivity index (χ2n) is 3.40. The van der Waals surface area contributed by atoms with Crippen molar-refractivity contribution in [3.8, 4) is 0 Å². The smallest absolute Gasteiger partial charge is 0.278 e. The van der Waals surface area contributed by atoms with Gasteiger partial charge in [0.2, 0.25) is 0 Å². The van der Waals surface area contributed by atoms with Crippen LogP contribution in [0.25, 0.3) is 0 Å². The lowest BCUT2D eigenvalue weighted by Gasteiger charge is -2.11. The summed E-state index contributed by atoms with van der Waals surface area (Å²) in [5.74, 6) is 0. The number of hydrogen-bond acceptors (Lipinski definition) is 2. The van der Waals surface area contributed by atoms with E-state index in [4.69, 9.17) is 8.43 Å². The summed E-state index contributed by atoms with van der Waals surface area (Å²) in [5, 5.41) is 2.39. The van der Waals surface area contributed by atoms with Crippen molar-refractivity contribution in [2.75, 3.05) is 0 Å². The van der Waals surface area contributed by atoms with Gasteiger partial charge in [-0.1, -0.05) is 69.6 Å². The lowest BCUT2D eigenvalue weighted by molar-refractivity contribution is 0.558. The Morgan fingerprint density at radius 3 is 1.50 bits per heavy atom. The Bertz CT molecular complexity index is 413. The van der Waals surface area contributed by atoms with Crippen molar-refractivity contribution < 1.29 is 8.43 Å². The van der Waals surface area contributed by atoms with E-state index in [9.17, 15) is 0 Å². The van der Waals surface area contributed by atoms with Crippen LogP contribution in [0.2, 0.25) is 0 Å². The average Bonchev–Trinajstić information content (AvgIpc) is 2.45. The van der Waals surface area contributed by atoms with E-state index in [1.54, 1.807) is 0 Å². The maximum absolute atomic E-state index is 5.69. The van der Waals surface area contributed by atoms with Gasteiger partial charge in [0.15, 0.2) is 8.06 Å². The van der Waals surface area contributed by atoms with Crippen molar-refractivity contribution in [1.29, 1.82) is 0 Å². The van der Waals surface area contributed by atoms with Crippen molar-refractivity contribution in [2.45, 2.75) is 0 Å². The summed E-state index contributed by atoms with van der Waals surface area (Å²) >= 11 is 0. The predicted molar refractivity (Wildman–Crippen MR) is 82.5 cm³/mol. The van der Waals surface area contributed by atoms with Gasteiger partial charge in [-0.25, -0.2) is 0 Å². The lowest BCUT2D eigenvalue weighted by atomic mass is 10.4. The number of rotatable bonds is 6. The Labute approximate surface area is 116 Å². The van der Waals surface area contributed by atoms with Gasteiger partial charge in [0.25, 0.3) is 19.5 Å². The molecule has 90 valence electrons. The molecule has 0 N–H and O–H groups in total. The Kier molecular flexibility index (Phi) is 6.22. The first kappa shape index (κ1) is 14.1. The van der Waals surface area contributed by atoms with E-state index in [-0.39, 0.29) is 0 Å². The van der Waals surface area contributed by atoms with E-state index in [1.807, 2.05) is 36.4 Å². The zero-order valence-electron chi connectivity index (χ0n) is 9.61. The quantitative estimate of drug-likeness (QED) is 0.600. The highest BCUT2D eigenvalue weighted by Crippen LogP contribution is 2.45.